The van der Waals surface area contributed by atoms with Gasteiger partial charge in [0, 0.05) is 29.8 Å². The van der Waals surface area contributed by atoms with Crippen LogP contribution in [0.3, 0.4) is 0 Å². The summed E-state index contributed by atoms with van der Waals surface area (Å²) in [7, 11) is 4.04. The van der Waals surface area contributed by atoms with Gasteiger partial charge in [-0.25, -0.2) is 15.0 Å². The lowest BCUT2D eigenvalue weighted by molar-refractivity contribution is 1.13. The van der Waals surface area contributed by atoms with E-state index in [4.69, 9.17) is 10.7 Å². The molecular formula is C21H18BrN5. The van der Waals surface area contributed by atoms with Gasteiger partial charge in [-0.15, -0.1) is 0 Å². The number of rotatable bonds is 3. The van der Waals surface area contributed by atoms with Crippen molar-refractivity contribution in [3.63, 3.8) is 0 Å². The third kappa shape index (κ3) is 3.36. The third-order valence-electron chi connectivity index (χ3n) is 4.43. The molecule has 0 atom stereocenters. The summed E-state index contributed by atoms with van der Waals surface area (Å²) in [5, 5.41) is 0.767. The smallest absolute Gasteiger partial charge is 0.165 e. The summed E-state index contributed by atoms with van der Waals surface area (Å²) >= 11 is 3.55. The molecule has 0 fully saturated rings. The molecule has 0 aliphatic carbocycles. The van der Waals surface area contributed by atoms with Crippen LogP contribution in [0.2, 0.25) is 0 Å². The van der Waals surface area contributed by atoms with Crippen LogP contribution in [-0.2, 0) is 0 Å². The number of aromatic nitrogens is 3. The van der Waals surface area contributed by atoms with Gasteiger partial charge in [0.15, 0.2) is 5.65 Å². The Labute approximate surface area is 166 Å². The van der Waals surface area contributed by atoms with E-state index in [-0.39, 0.29) is 0 Å². The van der Waals surface area contributed by atoms with Crippen molar-refractivity contribution in [2.24, 2.45) is 0 Å². The largest absolute Gasteiger partial charge is 0.383 e. The van der Waals surface area contributed by atoms with Crippen molar-refractivity contribution in [2.45, 2.75) is 0 Å². The van der Waals surface area contributed by atoms with Crippen molar-refractivity contribution in [2.75, 3.05) is 24.7 Å². The summed E-state index contributed by atoms with van der Waals surface area (Å²) in [6.45, 7) is 0. The first-order valence-corrected chi connectivity index (χ1v) is 9.27. The molecule has 2 aromatic heterocycles. The van der Waals surface area contributed by atoms with Crippen LogP contribution in [0, 0.1) is 0 Å². The van der Waals surface area contributed by atoms with Crippen LogP contribution in [0.15, 0.2) is 65.4 Å². The topological polar surface area (TPSA) is 67.9 Å². The molecule has 0 aliphatic heterocycles. The van der Waals surface area contributed by atoms with Crippen molar-refractivity contribution in [3.8, 4) is 22.4 Å². The maximum Gasteiger partial charge on any atom is 0.165 e. The number of benzene rings is 2. The molecule has 2 aromatic carbocycles. The molecule has 0 saturated carbocycles. The number of nitrogen functional groups attached to an aromatic ring is 1. The Hall–Kier alpha value is -2.99. The fourth-order valence-corrected chi connectivity index (χ4v) is 3.46. The monoisotopic (exact) mass is 419 g/mol. The molecular weight excluding hydrogens is 402 g/mol. The molecule has 0 radical (unpaired) electrons. The van der Waals surface area contributed by atoms with Crippen molar-refractivity contribution < 1.29 is 0 Å². The first-order valence-electron chi connectivity index (χ1n) is 8.48. The minimum Gasteiger partial charge on any atom is -0.383 e. The molecule has 134 valence electrons. The molecule has 5 nitrogen and oxygen atoms in total. The lowest BCUT2D eigenvalue weighted by Gasteiger charge is -2.15. The van der Waals surface area contributed by atoms with Gasteiger partial charge >= 0.3 is 0 Å². The average molecular weight is 420 g/mol. The van der Waals surface area contributed by atoms with E-state index in [2.05, 4.69) is 61.1 Å². The molecule has 0 aliphatic rings. The van der Waals surface area contributed by atoms with Gasteiger partial charge in [0.05, 0.1) is 11.1 Å². The quantitative estimate of drug-likeness (QED) is 0.517. The number of nitrogens with two attached hydrogens (primary N) is 1. The molecule has 0 unspecified atom stereocenters. The first-order chi connectivity index (χ1) is 13.0. The Morgan fingerprint density at radius 3 is 2.48 bits per heavy atom. The first kappa shape index (κ1) is 17.4. The second kappa shape index (κ2) is 6.96. The predicted molar refractivity (Wildman–Crippen MR) is 115 cm³/mol. The zero-order valence-corrected chi connectivity index (χ0v) is 16.6. The highest BCUT2D eigenvalue weighted by atomic mass is 79.9. The lowest BCUT2D eigenvalue weighted by Crippen LogP contribution is -2.08. The van der Waals surface area contributed by atoms with Gasteiger partial charge in [0.2, 0.25) is 0 Å². The van der Waals surface area contributed by atoms with Gasteiger partial charge < -0.3 is 10.6 Å². The maximum atomic E-state index is 6.18. The van der Waals surface area contributed by atoms with Crippen LogP contribution >= 0.6 is 15.9 Å². The fourth-order valence-electron chi connectivity index (χ4n) is 3.06. The van der Waals surface area contributed by atoms with E-state index in [1.54, 1.807) is 0 Å². The average Bonchev–Trinajstić information content (AvgIpc) is 2.67. The van der Waals surface area contributed by atoms with E-state index in [9.17, 15) is 0 Å². The standard InChI is InChI=1S/C21H18BrN5/c1-27(2)16-8-4-6-14(10-16)18-11-17(13-5-3-7-15(22)9-13)19-20(23)24-12-25-21(19)26-18/h3-12H,1-2H3,(H2,23,24,25,26). The van der Waals surface area contributed by atoms with Gasteiger partial charge in [0.1, 0.15) is 12.1 Å². The van der Waals surface area contributed by atoms with E-state index in [1.807, 2.05) is 38.4 Å². The second-order valence-corrected chi connectivity index (χ2v) is 7.38. The molecule has 0 spiro atoms. The van der Waals surface area contributed by atoms with E-state index >= 15 is 0 Å². The molecule has 0 bridgehead atoms. The highest BCUT2D eigenvalue weighted by molar-refractivity contribution is 9.10. The number of halogens is 1. The minimum atomic E-state index is 0.427. The summed E-state index contributed by atoms with van der Waals surface area (Å²) in [6.07, 6.45) is 1.45. The number of pyridine rings is 1. The fraction of sp³-hybridized carbons (Fsp3) is 0.0952. The Morgan fingerprint density at radius 2 is 1.70 bits per heavy atom. The van der Waals surface area contributed by atoms with Crippen molar-refractivity contribution in [1.29, 1.82) is 0 Å². The molecule has 2 N–H and O–H groups in total. The Kier molecular flexibility index (Phi) is 4.49. The van der Waals surface area contributed by atoms with Crippen molar-refractivity contribution in [1.82, 2.24) is 15.0 Å². The molecule has 0 amide bonds. The van der Waals surface area contributed by atoms with Gasteiger partial charge in [-0.1, -0.05) is 40.2 Å². The van der Waals surface area contributed by atoms with Crippen LogP contribution in [0.1, 0.15) is 0 Å². The Balaban J connectivity index is 2.00. The van der Waals surface area contributed by atoms with Crippen molar-refractivity contribution >= 4 is 38.5 Å². The SMILES string of the molecule is CN(C)c1cccc(-c2cc(-c3cccc(Br)c3)c3c(N)ncnc3n2)c1. The number of anilines is 2. The maximum absolute atomic E-state index is 6.18. The number of fused-ring (bicyclic) bond motifs is 1. The predicted octanol–water partition coefficient (Wildman–Crippen LogP) is 4.77. The summed E-state index contributed by atoms with van der Waals surface area (Å²) < 4.78 is 0.997. The third-order valence-corrected chi connectivity index (χ3v) is 4.92. The van der Waals surface area contributed by atoms with E-state index in [0.29, 0.717) is 11.5 Å². The van der Waals surface area contributed by atoms with Crippen LogP contribution in [0.25, 0.3) is 33.4 Å². The molecule has 4 rings (SSSR count). The van der Waals surface area contributed by atoms with Crippen LogP contribution in [0.5, 0.6) is 0 Å². The Bertz CT molecular complexity index is 1140. The van der Waals surface area contributed by atoms with Gasteiger partial charge in [-0.2, -0.15) is 0 Å². The zero-order valence-electron chi connectivity index (χ0n) is 15.0. The van der Waals surface area contributed by atoms with Gasteiger partial charge in [-0.3, -0.25) is 0 Å². The second-order valence-electron chi connectivity index (χ2n) is 6.47. The zero-order chi connectivity index (χ0) is 19.0. The summed E-state index contributed by atoms with van der Waals surface area (Å²) in [5.41, 5.74) is 11.7. The minimum absolute atomic E-state index is 0.427. The number of hydrogen-bond donors (Lipinski definition) is 1. The Morgan fingerprint density at radius 1 is 0.926 bits per heavy atom. The van der Waals surface area contributed by atoms with E-state index < -0.39 is 0 Å². The lowest BCUT2D eigenvalue weighted by atomic mass is 9.99. The molecule has 0 saturated heterocycles. The van der Waals surface area contributed by atoms with Crippen LogP contribution < -0.4 is 10.6 Å². The van der Waals surface area contributed by atoms with Gasteiger partial charge in [-0.05, 0) is 41.5 Å². The molecule has 4 aromatic rings. The van der Waals surface area contributed by atoms with Crippen LogP contribution in [0.4, 0.5) is 11.5 Å². The van der Waals surface area contributed by atoms with Crippen LogP contribution in [-0.4, -0.2) is 29.0 Å². The number of nitrogens with zero attached hydrogens (tertiary/aromatic N) is 4. The van der Waals surface area contributed by atoms with Gasteiger partial charge in [0.25, 0.3) is 0 Å². The number of hydrogen-bond acceptors (Lipinski definition) is 5. The highest BCUT2D eigenvalue weighted by Gasteiger charge is 2.14. The molecule has 2 heterocycles. The summed E-state index contributed by atoms with van der Waals surface area (Å²) in [6, 6.07) is 18.4. The normalized spacial score (nSPS) is 10.9. The highest BCUT2D eigenvalue weighted by Crippen LogP contribution is 2.35. The molecule has 6 heteroatoms. The summed E-state index contributed by atoms with van der Waals surface area (Å²) in [4.78, 5) is 15.4. The van der Waals surface area contributed by atoms with E-state index in [0.717, 1.165) is 37.9 Å². The molecule has 27 heavy (non-hydrogen) atoms. The summed E-state index contributed by atoms with van der Waals surface area (Å²) in [5.74, 6) is 0.427. The van der Waals surface area contributed by atoms with E-state index in [1.165, 1.54) is 6.33 Å². The van der Waals surface area contributed by atoms with Crippen molar-refractivity contribution in [3.05, 3.63) is 65.4 Å².